The van der Waals surface area contributed by atoms with Crippen molar-refractivity contribution in [3.8, 4) is 0 Å². The van der Waals surface area contributed by atoms with Gasteiger partial charge >= 0.3 is 0 Å². The summed E-state index contributed by atoms with van der Waals surface area (Å²) in [6.07, 6.45) is 0. The van der Waals surface area contributed by atoms with Crippen LogP contribution in [0.5, 0.6) is 0 Å². The van der Waals surface area contributed by atoms with Crippen LogP contribution in [0.3, 0.4) is 0 Å². The Morgan fingerprint density at radius 3 is 1.41 bits per heavy atom. The first-order valence-corrected chi connectivity index (χ1v) is 9.47. The van der Waals surface area contributed by atoms with Crippen molar-refractivity contribution in [1.29, 1.82) is 0 Å². The van der Waals surface area contributed by atoms with E-state index in [0.29, 0.717) is 0 Å². The first kappa shape index (κ1) is 22.7. The molecule has 2 aromatic carbocycles. The first-order chi connectivity index (χ1) is 14.9. The Kier molecular flexibility index (Phi) is 5.86. The number of nitro benzene ring substituents is 2. The van der Waals surface area contributed by atoms with Gasteiger partial charge in [-0.3, -0.25) is 45.8 Å². The molecule has 13 heteroatoms. The van der Waals surface area contributed by atoms with Gasteiger partial charge < -0.3 is 0 Å². The van der Waals surface area contributed by atoms with Crippen molar-refractivity contribution in [2.24, 2.45) is 5.41 Å². The average molecular weight is 445 g/mol. The Labute approximate surface area is 180 Å². The molecule has 13 nitrogen and oxygen atoms in total. The summed E-state index contributed by atoms with van der Waals surface area (Å²) in [5.41, 5.74) is -1.67. The maximum Gasteiger partial charge on any atom is 0.269 e. The zero-order chi connectivity index (χ0) is 23.8. The number of nitrogens with zero attached hydrogens (tertiary/aromatic N) is 4. The van der Waals surface area contributed by atoms with Crippen LogP contribution in [0.15, 0.2) is 48.5 Å². The van der Waals surface area contributed by atoms with Gasteiger partial charge in [0.05, 0.1) is 9.85 Å². The molecular formula is C19H19N5O8. The van der Waals surface area contributed by atoms with Crippen molar-refractivity contribution in [2.75, 3.05) is 0 Å². The monoisotopic (exact) mass is 445 g/mol. The summed E-state index contributed by atoms with van der Waals surface area (Å²) in [4.78, 5) is 44.0. The van der Waals surface area contributed by atoms with Gasteiger partial charge in [0.2, 0.25) is 12.1 Å². The molecule has 3 rings (SSSR count). The fourth-order valence-corrected chi connectivity index (χ4v) is 4.42. The Morgan fingerprint density at radius 1 is 0.719 bits per heavy atom. The molecule has 1 aliphatic heterocycles. The number of hydrogen-bond donors (Lipinski definition) is 1. The van der Waals surface area contributed by atoms with Crippen molar-refractivity contribution in [2.45, 2.75) is 38.0 Å². The second-order valence-electron chi connectivity index (χ2n) is 8.11. The standard InChI is InChI=1S/C19H19N5O8/c1-19(2)17(23(29)30)15(11-5-3-7-13(9-11)21(25)26)20-16(18(19)24(31)32)12-6-4-8-14(10-12)22(27)28/h3-10,15-18,20H,1-2H3/t15-,16+,17+,18-. The van der Waals surface area contributed by atoms with Crippen molar-refractivity contribution in [3.05, 3.63) is 100 Å². The van der Waals surface area contributed by atoms with Gasteiger partial charge in [-0.15, -0.1) is 0 Å². The highest BCUT2D eigenvalue weighted by Gasteiger charge is 2.63. The summed E-state index contributed by atoms with van der Waals surface area (Å²) >= 11 is 0. The Morgan fingerprint density at radius 2 is 1.09 bits per heavy atom. The highest BCUT2D eigenvalue weighted by atomic mass is 16.6. The lowest BCUT2D eigenvalue weighted by atomic mass is 9.66. The van der Waals surface area contributed by atoms with Gasteiger partial charge in [0.1, 0.15) is 17.5 Å². The Balaban J connectivity index is 2.20. The summed E-state index contributed by atoms with van der Waals surface area (Å²) < 4.78 is 0. The number of rotatable bonds is 6. The number of non-ortho nitro benzene ring substituents is 2. The van der Waals surface area contributed by atoms with Gasteiger partial charge in [-0.25, -0.2) is 0 Å². The summed E-state index contributed by atoms with van der Waals surface area (Å²) in [5, 5.41) is 49.4. The average Bonchev–Trinajstić information content (AvgIpc) is 2.71. The molecule has 0 spiro atoms. The minimum absolute atomic E-state index is 0.214. The normalized spacial score (nSPS) is 24.4. The molecule has 2 aromatic rings. The molecule has 0 amide bonds. The van der Waals surface area contributed by atoms with Gasteiger partial charge in [0, 0.05) is 34.1 Å². The molecule has 1 saturated heterocycles. The molecule has 0 unspecified atom stereocenters. The minimum Gasteiger partial charge on any atom is -0.291 e. The molecule has 0 bridgehead atoms. The predicted octanol–water partition coefficient (Wildman–Crippen LogP) is 3.21. The van der Waals surface area contributed by atoms with Crippen molar-refractivity contribution >= 4 is 11.4 Å². The molecule has 1 aliphatic rings. The molecule has 168 valence electrons. The maximum absolute atomic E-state index is 12.0. The van der Waals surface area contributed by atoms with Crippen LogP contribution < -0.4 is 5.32 Å². The first-order valence-electron chi connectivity index (χ1n) is 9.47. The van der Waals surface area contributed by atoms with Crippen LogP contribution >= 0.6 is 0 Å². The van der Waals surface area contributed by atoms with Crippen molar-refractivity contribution < 1.29 is 19.7 Å². The topological polar surface area (TPSA) is 185 Å². The molecule has 0 radical (unpaired) electrons. The van der Waals surface area contributed by atoms with Gasteiger partial charge in [0.25, 0.3) is 11.4 Å². The lowest BCUT2D eigenvalue weighted by Gasteiger charge is -2.44. The number of nitro groups is 4. The summed E-state index contributed by atoms with van der Waals surface area (Å²) in [7, 11) is 0. The van der Waals surface area contributed by atoms with Crippen LogP contribution in [0.1, 0.15) is 37.1 Å². The van der Waals surface area contributed by atoms with E-state index in [1.54, 1.807) is 0 Å². The Bertz CT molecular complexity index is 1020. The molecule has 1 heterocycles. The molecule has 0 saturated carbocycles. The van der Waals surface area contributed by atoms with Gasteiger partial charge in [-0.05, 0) is 25.0 Å². The molecular weight excluding hydrogens is 426 g/mol. The molecule has 32 heavy (non-hydrogen) atoms. The second kappa shape index (κ2) is 8.26. The van der Waals surface area contributed by atoms with E-state index < -0.39 is 49.3 Å². The summed E-state index contributed by atoms with van der Waals surface area (Å²) in [5.74, 6) is 0. The lowest BCUT2D eigenvalue weighted by molar-refractivity contribution is -0.605. The van der Waals surface area contributed by atoms with E-state index in [9.17, 15) is 40.5 Å². The van der Waals surface area contributed by atoms with Crippen LogP contribution in [0.2, 0.25) is 0 Å². The fraction of sp³-hybridized carbons (Fsp3) is 0.368. The van der Waals surface area contributed by atoms with Crippen molar-refractivity contribution in [3.63, 3.8) is 0 Å². The zero-order valence-electron chi connectivity index (χ0n) is 17.0. The third kappa shape index (κ3) is 3.97. The summed E-state index contributed by atoms with van der Waals surface area (Å²) in [6.45, 7) is 2.78. The van der Waals surface area contributed by atoms with Gasteiger partial charge in [0.15, 0.2) is 0 Å². The van der Waals surface area contributed by atoms with Gasteiger partial charge in [-0.1, -0.05) is 24.3 Å². The van der Waals surface area contributed by atoms with Crippen LogP contribution in [0, 0.1) is 45.9 Å². The minimum atomic E-state index is -1.52. The Hall–Kier alpha value is -4.00. The number of piperidine rings is 1. The predicted molar refractivity (Wildman–Crippen MR) is 110 cm³/mol. The zero-order valence-corrected chi connectivity index (χ0v) is 17.0. The van der Waals surface area contributed by atoms with E-state index in [4.69, 9.17) is 0 Å². The highest BCUT2D eigenvalue weighted by molar-refractivity contribution is 5.40. The van der Waals surface area contributed by atoms with E-state index in [0.717, 1.165) is 0 Å². The van der Waals surface area contributed by atoms with Crippen LogP contribution in [0.4, 0.5) is 11.4 Å². The van der Waals surface area contributed by atoms with E-state index in [1.807, 2.05) is 0 Å². The fourth-order valence-electron chi connectivity index (χ4n) is 4.42. The van der Waals surface area contributed by atoms with E-state index in [1.165, 1.54) is 62.4 Å². The summed E-state index contributed by atoms with van der Waals surface area (Å²) in [6, 6.07) is 5.26. The smallest absolute Gasteiger partial charge is 0.269 e. The van der Waals surface area contributed by atoms with Crippen LogP contribution in [0.25, 0.3) is 0 Å². The second-order valence-corrected chi connectivity index (χ2v) is 8.11. The third-order valence-corrected chi connectivity index (χ3v) is 5.85. The number of benzene rings is 2. The third-order valence-electron chi connectivity index (χ3n) is 5.85. The van der Waals surface area contributed by atoms with E-state index >= 15 is 0 Å². The quantitative estimate of drug-likeness (QED) is 0.515. The van der Waals surface area contributed by atoms with E-state index in [-0.39, 0.29) is 22.5 Å². The highest BCUT2D eigenvalue weighted by Crippen LogP contribution is 2.47. The largest absolute Gasteiger partial charge is 0.291 e. The number of nitrogens with one attached hydrogen (secondary N) is 1. The van der Waals surface area contributed by atoms with E-state index in [2.05, 4.69) is 5.32 Å². The van der Waals surface area contributed by atoms with Crippen LogP contribution in [-0.4, -0.2) is 31.8 Å². The molecule has 4 atom stereocenters. The lowest BCUT2D eigenvalue weighted by Crippen LogP contribution is -2.63. The molecule has 1 N–H and O–H groups in total. The van der Waals surface area contributed by atoms with Crippen molar-refractivity contribution in [1.82, 2.24) is 5.32 Å². The van der Waals surface area contributed by atoms with Gasteiger partial charge in [-0.2, -0.15) is 0 Å². The molecule has 1 fully saturated rings. The molecule has 0 aliphatic carbocycles. The molecule has 0 aromatic heterocycles. The van der Waals surface area contributed by atoms with Crippen LogP contribution in [-0.2, 0) is 0 Å². The number of hydrogen-bond acceptors (Lipinski definition) is 9. The SMILES string of the molecule is CC1(C)[C@@H]([N+](=O)[O-])[C@@H](c2cccc([N+](=O)[O-])c2)N[C@@H](c2cccc([N+](=O)[O-])c2)[C@H]1[N+](=O)[O-]. The maximum atomic E-state index is 12.0.